The van der Waals surface area contributed by atoms with Gasteiger partial charge >= 0.3 is 0 Å². The standard InChI is InChI=1S/C11H14BrN5S2/c1-17(5-7-3-8(12)19-6-7)10-4-9(16-13)14-11(15-10)18-2/h3-4,6H,5,13H2,1-2H3,(H,14,15,16). The Morgan fingerprint density at radius 1 is 1.47 bits per heavy atom. The molecule has 0 amide bonds. The van der Waals surface area contributed by atoms with Crippen LogP contribution in [0.3, 0.4) is 0 Å². The van der Waals surface area contributed by atoms with Gasteiger partial charge in [-0.2, -0.15) is 0 Å². The maximum atomic E-state index is 5.43. The molecule has 2 aromatic rings. The molecular weight excluding hydrogens is 346 g/mol. The molecule has 0 radical (unpaired) electrons. The van der Waals surface area contributed by atoms with Gasteiger partial charge in [-0.05, 0) is 39.2 Å². The summed E-state index contributed by atoms with van der Waals surface area (Å²) in [4.78, 5) is 10.8. The van der Waals surface area contributed by atoms with Crippen molar-refractivity contribution >= 4 is 50.7 Å². The summed E-state index contributed by atoms with van der Waals surface area (Å²) in [5, 5.41) is 2.82. The minimum atomic E-state index is 0.618. The molecule has 8 heteroatoms. The number of hydrogen-bond acceptors (Lipinski definition) is 7. The van der Waals surface area contributed by atoms with Gasteiger partial charge < -0.3 is 10.3 Å². The first-order valence-electron chi connectivity index (χ1n) is 5.46. The quantitative estimate of drug-likeness (QED) is 0.370. The van der Waals surface area contributed by atoms with Crippen molar-refractivity contribution in [2.75, 3.05) is 23.6 Å². The number of anilines is 2. The normalized spacial score (nSPS) is 10.5. The van der Waals surface area contributed by atoms with E-state index in [9.17, 15) is 0 Å². The van der Waals surface area contributed by atoms with Gasteiger partial charge in [0.1, 0.15) is 11.6 Å². The van der Waals surface area contributed by atoms with Crippen LogP contribution in [0.5, 0.6) is 0 Å². The van der Waals surface area contributed by atoms with Gasteiger partial charge in [-0.3, -0.25) is 0 Å². The largest absolute Gasteiger partial charge is 0.355 e. The number of thioether (sulfide) groups is 1. The van der Waals surface area contributed by atoms with E-state index in [0.717, 1.165) is 16.1 Å². The topological polar surface area (TPSA) is 67.1 Å². The lowest BCUT2D eigenvalue weighted by Gasteiger charge is -2.18. The summed E-state index contributed by atoms with van der Waals surface area (Å²) in [6.07, 6.45) is 1.94. The Kier molecular flexibility index (Phi) is 5.03. The van der Waals surface area contributed by atoms with Gasteiger partial charge in [0, 0.05) is 19.7 Å². The second kappa shape index (κ2) is 6.56. The van der Waals surface area contributed by atoms with Gasteiger partial charge in [-0.25, -0.2) is 15.8 Å². The Morgan fingerprint density at radius 3 is 2.84 bits per heavy atom. The minimum absolute atomic E-state index is 0.618. The fourth-order valence-corrected chi connectivity index (χ4v) is 3.13. The predicted octanol–water partition coefficient (Wildman–Crippen LogP) is 2.94. The highest BCUT2D eigenvalue weighted by Crippen LogP contribution is 2.24. The molecule has 2 aromatic heterocycles. The lowest BCUT2D eigenvalue weighted by molar-refractivity contribution is 0.859. The summed E-state index contributed by atoms with van der Waals surface area (Å²) in [7, 11) is 2.00. The molecule has 0 aromatic carbocycles. The zero-order valence-corrected chi connectivity index (χ0v) is 13.8. The smallest absolute Gasteiger partial charge is 0.191 e. The van der Waals surface area contributed by atoms with Crippen LogP contribution in [0.15, 0.2) is 26.5 Å². The van der Waals surface area contributed by atoms with Gasteiger partial charge in [0.15, 0.2) is 5.16 Å². The fourth-order valence-electron chi connectivity index (χ4n) is 1.56. The van der Waals surface area contributed by atoms with Crippen LogP contribution in [0.2, 0.25) is 0 Å². The summed E-state index contributed by atoms with van der Waals surface area (Å²) < 4.78 is 1.13. The van der Waals surface area contributed by atoms with Gasteiger partial charge in [0.05, 0.1) is 3.79 Å². The van der Waals surface area contributed by atoms with Crippen LogP contribution < -0.4 is 16.2 Å². The zero-order chi connectivity index (χ0) is 13.8. The second-order valence-corrected chi connectivity index (χ2v) is 6.92. The highest BCUT2D eigenvalue weighted by Gasteiger charge is 2.09. The Bertz CT molecular complexity index is 538. The van der Waals surface area contributed by atoms with E-state index in [0.29, 0.717) is 11.0 Å². The zero-order valence-electron chi connectivity index (χ0n) is 10.6. The molecule has 0 aliphatic carbocycles. The van der Waals surface area contributed by atoms with Crippen LogP contribution in [0.1, 0.15) is 5.56 Å². The van der Waals surface area contributed by atoms with Crippen molar-refractivity contribution in [1.82, 2.24) is 9.97 Å². The minimum Gasteiger partial charge on any atom is -0.355 e. The summed E-state index contributed by atoms with van der Waals surface area (Å²) in [6, 6.07) is 3.95. The summed E-state index contributed by atoms with van der Waals surface area (Å²) >= 11 is 6.64. The molecule has 0 spiro atoms. The van der Waals surface area contributed by atoms with E-state index >= 15 is 0 Å². The van der Waals surface area contributed by atoms with Crippen LogP contribution in [-0.2, 0) is 6.54 Å². The molecule has 0 aliphatic heterocycles. The van der Waals surface area contributed by atoms with Crippen molar-refractivity contribution < 1.29 is 0 Å². The number of hydrogen-bond donors (Lipinski definition) is 2. The van der Waals surface area contributed by atoms with Crippen molar-refractivity contribution in [2.45, 2.75) is 11.7 Å². The molecule has 2 heterocycles. The van der Waals surface area contributed by atoms with E-state index in [2.05, 4.69) is 47.7 Å². The van der Waals surface area contributed by atoms with Gasteiger partial charge in [-0.1, -0.05) is 11.8 Å². The number of nitrogens with zero attached hydrogens (tertiary/aromatic N) is 3. The number of rotatable bonds is 5. The summed E-state index contributed by atoms with van der Waals surface area (Å²) in [5.74, 6) is 6.89. The number of nitrogens with two attached hydrogens (primary N) is 1. The first kappa shape index (κ1) is 14.6. The fraction of sp³-hybridized carbons (Fsp3) is 0.273. The van der Waals surface area contributed by atoms with Crippen LogP contribution in [-0.4, -0.2) is 23.3 Å². The molecular formula is C11H14BrN5S2. The van der Waals surface area contributed by atoms with E-state index in [4.69, 9.17) is 5.84 Å². The third kappa shape index (κ3) is 3.82. The molecule has 19 heavy (non-hydrogen) atoms. The number of hydrazine groups is 1. The van der Waals surface area contributed by atoms with E-state index in [1.807, 2.05) is 19.4 Å². The molecule has 0 bridgehead atoms. The Morgan fingerprint density at radius 2 is 2.26 bits per heavy atom. The van der Waals surface area contributed by atoms with Crippen molar-refractivity contribution in [2.24, 2.45) is 5.84 Å². The molecule has 2 rings (SSSR count). The molecule has 0 fully saturated rings. The van der Waals surface area contributed by atoms with E-state index in [1.54, 1.807) is 11.3 Å². The molecule has 102 valence electrons. The third-order valence-corrected chi connectivity index (χ3v) is 4.56. The number of nitrogens with one attached hydrogen (secondary N) is 1. The van der Waals surface area contributed by atoms with Crippen LogP contribution in [0.25, 0.3) is 0 Å². The van der Waals surface area contributed by atoms with Crippen molar-refractivity contribution in [3.05, 3.63) is 26.9 Å². The SMILES string of the molecule is CSc1nc(NN)cc(N(C)Cc2csc(Br)c2)n1. The van der Waals surface area contributed by atoms with Crippen LogP contribution in [0.4, 0.5) is 11.6 Å². The highest BCUT2D eigenvalue weighted by molar-refractivity contribution is 9.11. The number of thiophene rings is 1. The number of aromatic nitrogens is 2. The molecule has 3 N–H and O–H groups in total. The lowest BCUT2D eigenvalue weighted by atomic mass is 10.3. The summed E-state index contributed by atoms with van der Waals surface area (Å²) in [6.45, 7) is 0.789. The molecule has 0 saturated heterocycles. The first-order valence-corrected chi connectivity index (χ1v) is 8.36. The molecule has 0 atom stereocenters. The molecule has 0 saturated carbocycles. The Balaban J connectivity index is 2.20. The lowest BCUT2D eigenvalue weighted by Crippen LogP contribution is -2.19. The summed E-state index contributed by atoms with van der Waals surface area (Å²) in [5.41, 5.74) is 3.81. The second-order valence-electron chi connectivity index (χ2n) is 3.86. The van der Waals surface area contributed by atoms with Gasteiger partial charge in [-0.15, -0.1) is 11.3 Å². The van der Waals surface area contributed by atoms with Crippen molar-refractivity contribution in [3.63, 3.8) is 0 Å². The highest BCUT2D eigenvalue weighted by atomic mass is 79.9. The first-order chi connectivity index (χ1) is 9.12. The average molecular weight is 360 g/mol. The average Bonchev–Trinajstić information content (AvgIpc) is 2.83. The molecule has 0 aliphatic rings. The number of nitrogen functional groups attached to an aromatic ring is 1. The van der Waals surface area contributed by atoms with Gasteiger partial charge in [0.25, 0.3) is 0 Å². The maximum absolute atomic E-state index is 5.43. The van der Waals surface area contributed by atoms with Crippen LogP contribution >= 0.6 is 39.0 Å². The van der Waals surface area contributed by atoms with Crippen molar-refractivity contribution in [1.29, 1.82) is 0 Å². The predicted molar refractivity (Wildman–Crippen MR) is 85.7 cm³/mol. The Hall–Kier alpha value is -0.830. The molecule has 0 unspecified atom stereocenters. The van der Waals surface area contributed by atoms with E-state index < -0.39 is 0 Å². The Labute approximate surface area is 128 Å². The van der Waals surface area contributed by atoms with Crippen molar-refractivity contribution in [3.8, 4) is 0 Å². The van der Waals surface area contributed by atoms with E-state index in [1.165, 1.54) is 17.3 Å². The van der Waals surface area contributed by atoms with Gasteiger partial charge in [0.2, 0.25) is 0 Å². The van der Waals surface area contributed by atoms with E-state index in [-0.39, 0.29) is 0 Å². The van der Waals surface area contributed by atoms with Crippen LogP contribution in [0, 0.1) is 0 Å². The number of halogens is 1. The monoisotopic (exact) mass is 359 g/mol. The maximum Gasteiger partial charge on any atom is 0.191 e. The molecule has 5 nitrogen and oxygen atoms in total. The third-order valence-electron chi connectivity index (χ3n) is 2.46.